The van der Waals surface area contributed by atoms with E-state index >= 15 is 0 Å². The first kappa shape index (κ1) is 23.1. The summed E-state index contributed by atoms with van der Waals surface area (Å²) >= 11 is 0. The molecule has 168 valence electrons. The van der Waals surface area contributed by atoms with Gasteiger partial charge in [0.1, 0.15) is 5.75 Å². The van der Waals surface area contributed by atoms with Crippen molar-refractivity contribution in [3.63, 3.8) is 0 Å². The second kappa shape index (κ2) is 10.2. The largest absolute Gasteiger partial charge is 0.476 e. The lowest BCUT2D eigenvalue weighted by molar-refractivity contribution is -0.127. The number of para-hydroxylation sites is 2. The summed E-state index contributed by atoms with van der Waals surface area (Å²) in [5, 5.41) is 2.98. The number of sulfonamides is 1. The summed E-state index contributed by atoms with van der Waals surface area (Å²) in [6.45, 7) is 6.69. The number of hydrogen-bond donors (Lipinski definition) is 1. The van der Waals surface area contributed by atoms with Crippen molar-refractivity contribution >= 4 is 21.6 Å². The molecule has 1 amide bonds. The molecule has 2 unspecified atom stereocenters. The van der Waals surface area contributed by atoms with Gasteiger partial charge in [0.15, 0.2) is 6.10 Å². The van der Waals surface area contributed by atoms with Crippen LogP contribution in [0.1, 0.15) is 45.1 Å². The second-order valence-corrected chi connectivity index (χ2v) is 9.95. The molecule has 6 nitrogen and oxygen atoms in total. The maximum Gasteiger partial charge on any atom is 0.264 e. The standard InChI is InChI=1S/C24H32N2O4S/c1-4-6-9-19(5-2)16-25-24(27)23-17-26(21-10-7-8-11-22(21)30-23)31(28,29)20-14-12-18(3)13-15-20/h7-8,10-15,19,23H,4-6,9,16-17H2,1-3H3,(H,25,27). The zero-order chi connectivity index (χ0) is 22.4. The number of aryl methyl sites for hydroxylation is 1. The Morgan fingerprint density at radius 1 is 1.16 bits per heavy atom. The van der Waals surface area contributed by atoms with E-state index in [2.05, 4.69) is 19.2 Å². The third-order valence-corrected chi connectivity index (χ3v) is 7.54. The Labute approximate surface area is 185 Å². The highest BCUT2D eigenvalue weighted by molar-refractivity contribution is 7.92. The Balaban J connectivity index is 1.81. The molecule has 0 fully saturated rings. The van der Waals surface area contributed by atoms with E-state index in [0.717, 1.165) is 31.2 Å². The zero-order valence-electron chi connectivity index (χ0n) is 18.5. The van der Waals surface area contributed by atoms with Crippen molar-refractivity contribution in [3.05, 3.63) is 54.1 Å². The van der Waals surface area contributed by atoms with Gasteiger partial charge in [-0.05, 0) is 43.5 Å². The average molecular weight is 445 g/mol. The molecule has 0 radical (unpaired) electrons. The number of benzene rings is 2. The van der Waals surface area contributed by atoms with E-state index in [0.29, 0.717) is 23.9 Å². The molecule has 1 heterocycles. The summed E-state index contributed by atoms with van der Waals surface area (Å²) in [5.41, 5.74) is 1.42. The van der Waals surface area contributed by atoms with Crippen LogP contribution in [0.4, 0.5) is 5.69 Å². The van der Waals surface area contributed by atoms with E-state index in [1.165, 1.54) is 4.31 Å². The number of anilines is 1. The van der Waals surface area contributed by atoms with Crippen molar-refractivity contribution in [2.75, 3.05) is 17.4 Å². The fourth-order valence-electron chi connectivity index (χ4n) is 3.71. The summed E-state index contributed by atoms with van der Waals surface area (Å²) in [7, 11) is -3.83. The number of rotatable bonds is 9. The van der Waals surface area contributed by atoms with Gasteiger partial charge in [-0.15, -0.1) is 0 Å². The number of fused-ring (bicyclic) bond motifs is 1. The predicted molar refractivity (Wildman–Crippen MR) is 123 cm³/mol. The van der Waals surface area contributed by atoms with Crippen LogP contribution in [0.5, 0.6) is 5.75 Å². The van der Waals surface area contributed by atoms with E-state index in [-0.39, 0.29) is 17.3 Å². The summed E-state index contributed by atoms with van der Waals surface area (Å²) in [6.07, 6.45) is 3.40. The Bertz CT molecular complexity index is 989. The Hall–Kier alpha value is -2.54. The van der Waals surface area contributed by atoms with Crippen LogP contribution in [-0.2, 0) is 14.8 Å². The normalized spacial score (nSPS) is 16.9. The number of ether oxygens (including phenoxy) is 1. The lowest BCUT2D eigenvalue weighted by Crippen LogP contribution is -2.51. The van der Waals surface area contributed by atoms with Gasteiger partial charge < -0.3 is 10.1 Å². The third kappa shape index (κ3) is 5.39. The SMILES string of the molecule is CCCCC(CC)CNC(=O)C1CN(S(=O)(=O)c2ccc(C)cc2)c2ccccc2O1. The first-order chi connectivity index (χ1) is 14.9. The maximum atomic E-state index is 13.4. The summed E-state index contributed by atoms with van der Waals surface area (Å²) in [5.74, 6) is 0.517. The Morgan fingerprint density at radius 2 is 1.87 bits per heavy atom. The summed E-state index contributed by atoms with van der Waals surface area (Å²) < 4.78 is 34.0. The average Bonchev–Trinajstić information content (AvgIpc) is 2.78. The van der Waals surface area contributed by atoms with Crippen molar-refractivity contribution in [1.82, 2.24) is 5.32 Å². The molecule has 0 saturated carbocycles. The molecular weight excluding hydrogens is 412 g/mol. The van der Waals surface area contributed by atoms with Crippen molar-refractivity contribution in [2.24, 2.45) is 5.92 Å². The van der Waals surface area contributed by atoms with Crippen LogP contribution in [0.15, 0.2) is 53.4 Å². The molecule has 0 bridgehead atoms. The van der Waals surface area contributed by atoms with Gasteiger partial charge in [-0.2, -0.15) is 0 Å². The number of nitrogens with one attached hydrogen (secondary N) is 1. The molecule has 0 aliphatic carbocycles. The van der Waals surface area contributed by atoms with Gasteiger partial charge in [-0.25, -0.2) is 8.42 Å². The van der Waals surface area contributed by atoms with Crippen LogP contribution >= 0.6 is 0 Å². The topological polar surface area (TPSA) is 75.7 Å². The molecule has 2 atom stereocenters. The van der Waals surface area contributed by atoms with Crippen molar-refractivity contribution in [3.8, 4) is 5.75 Å². The highest BCUT2D eigenvalue weighted by Crippen LogP contribution is 2.36. The van der Waals surface area contributed by atoms with E-state index in [9.17, 15) is 13.2 Å². The van der Waals surface area contributed by atoms with Gasteiger partial charge >= 0.3 is 0 Å². The van der Waals surface area contributed by atoms with Crippen LogP contribution < -0.4 is 14.4 Å². The van der Waals surface area contributed by atoms with Gasteiger partial charge in [-0.3, -0.25) is 9.10 Å². The summed E-state index contributed by atoms with van der Waals surface area (Å²) in [6, 6.07) is 13.7. The molecule has 2 aromatic rings. The molecule has 2 aromatic carbocycles. The lowest BCUT2D eigenvalue weighted by atomic mass is 9.99. The number of nitrogens with zero attached hydrogens (tertiary/aromatic N) is 1. The molecular formula is C24H32N2O4S. The lowest BCUT2D eigenvalue weighted by Gasteiger charge is -2.35. The highest BCUT2D eigenvalue weighted by Gasteiger charge is 2.37. The van der Waals surface area contributed by atoms with E-state index in [1.807, 2.05) is 6.92 Å². The number of hydrogen-bond acceptors (Lipinski definition) is 4. The minimum absolute atomic E-state index is 0.0647. The van der Waals surface area contributed by atoms with Crippen molar-refractivity contribution in [1.29, 1.82) is 0 Å². The first-order valence-corrected chi connectivity index (χ1v) is 12.4. The third-order valence-electron chi connectivity index (χ3n) is 5.74. The van der Waals surface area contributed by atoms with Crippen LogP contribution in [0.3, 0.4) is 0 Å². The minimum Gasteiger partial charge on any atom is -0.476 e. The van der Waals surface area contributed by atoms with Crippen molar-refractivity contribution < 1.29 is 17.9 Å². The van der Waals surface area contributed by atoms with E-state index < -0.39 is 16.1 Å². The van der Waals surface area contributed by atoms with Gasteiger partial charge in [0.25, 0.3) is 15.9 Å². The van der Waals surface area contributed by atoms with Crippen LogP contribution in [-0.4, -0.2) is 33.5 Å². The Morgan fingerprint density at radius 3 is 2.55 bits per heavy atom. The van der Waals surface area contributed by atoms with Crippen molar-refractivity contribution in [2.45, 2.75) is 57.5 Å². The quantitative estimate of drug-likeness (QED) is 0.626. The predicted octanol–water partition coefficient (Wildman–Crippen LogP) is 4.28. The molecule has 0 aromatic heterocycles. The number of amides is 1. The van der Waals surface area contributed by atoms with E-state index in [4.69, 9.17) is 4.74 Å². The zero-order valence-corrected chi connectivity index (χ0v) is 19.3. The van der Waals surface area contributed by atoms with Gasteiger partial charge in [-0.1, -0.05) is 62.9 Å². The number of carbonyl (C=O) groups is 1. The van der Waals surface area contributed by atoms with Gasteiger partial charge in [0, 0.05) is 6.54 Å². The van der Waals surface area contributed by atoms with Crippen LogP contribution in [0, 0.1) is 12.8 Å². The molecule has 1 aliphatic rings. The van der Waals surface area contributed by atoms with Gasteiger partial charge in [0.05, 0.1) is 17.1 Å². The fraction of sp³-hybridized carbons (Fsp3) is 0.458. The minimum atomic E-state index is -3.83. The van der Waals surface area contributed by atoms with Gasteiger partial charge in [0.2, 0.25) is 0 Å². The summed E-state index contributed by atoms with van der Waals surface area (Å²) in [4.78, 5) is 13.1. The fourth-order valence-corrected chi connectivity index (χ4v) is 5.18. The second-order valence-electron chi connectivity index (χ2n) is 8.09. The molecule has 0 spiro atoms. The van der Waals surface area contributed by atoms with Crippen LogP contribution in [0.2, 0.25) is 0 Å². The smallest absolute Gasteiger partial charge is 0.264 e. The molecule has 31 heavy (non-hydrogen) atoms. The van der Waals surface area contributed by atoms with Crippen LogP contribution in [0.25, 0.3) is 0 Å². The van der Waals surface area contributed by atoms with E-state index in [1.54, 1.807) is 48.5 Å². The molecule has 7 heteroatoms. The Kier molecular flexibility index (Phi) is 7.59. The number of carbonyl (C=O) groups excluding carboxylic acids is 1. The first-order valence-electron chi connectivity index (χ1n) is 11.0. The molecule has 0 saturated heterocycles. The monoisotopic (exact) mass is 444 g/mol. The highest BCUT2D eigenvalue weighted by atomic mass is 32.2. The maximum absolute atomic E-state index is 13.4. The molecule has 1 aliphatic heterocycles. The molecule has 1 N–H and O–H groups in total. The molecule has 3 rings (SSSR count). The number of unbranched alkanes of at least 4 members (excludes halogenated alkanes) is 1.